The van der Waals surface area contributed by atoms with Crippen LogP contribution in [0.3, 0.4) is 0 Å². The zero-order chi connectivity index (χ0) is 13.8. The highest BCUT2D eigenvalue weighted by atomic mass is 16.5. The zero-order valence-corrected chi connectivity index (χ0v) is 11.8. The van der Waals surface area contributed by atoms with E-state index in [2.05, 4.69) is 36.6 Å². The molecule has 0 bridgehead atoms. The van der Waals surface area contributed by atoms with Gasteiger partial charge in [0.2, 0.25) is 0 Å². The summed E-state index contributed by atoms with van der Waals surface area (Å²) >= 11 is 0. The van der Waals surface area contributed by atoms with Gasteiger partial charge in [-0.1, -0.05) is 18.2 Å². The molecule has 1 saturated heterocycles. The van der Waals surface area contributed by atoms with Crippen molar-refractivity contribution in [2.75, 3.05) is 19.7 Å². The average Bonchev–Trinajstić information content (AvgIpc) is 2.42. The van der Waals surface area contributed by atoms with Gasteiger partial charge in [0.15, 0.2) is 0 Å². The van der Waals surface area contributed by atoms with Crippen LogP contribution in [-0.2, 0) is 9.53 Å². The van der Waals surface area contributed by atoms with Crippen LogP contribution in [0.25, 0.3) is 0 Å². The first-order valence-electron chi connectivity index (χ1n) is 6.78. The van der Waals surface area contributed by atoms with Crippen molar-refractivity contribution in [1.82, 2.24) is 10.6 Å². The predicted molar refractivity (Wildman–Crippen MR) is 75.1 cm³/mol. The minimum absolute atomic E-state index is 0.00192. The summed E-state index contributed by atoms with van der Waals surface area (Å²) in [6, 6.07) is 6.17. The van der Waals surface area contributed by atoms with Crippen molar-refractivity contribution < 1.29 is 9.53 Å². The Balaban J connectivity index is 2.02. The Morgan fingerprint density at radius 1 is 1.47 bits per heavy atom. The van der Waals surface area contributed by atoms with Crippen molar-refractivity contribution in [3.8, 4) is 0 Å². The van der Waals surface area contributed by atoms with Gasteiger partial charge in [-0.15, -0.1) is 0 Å². The van der Waals surface area contributed by atoms with Crippen molar-refractivity contribution >= 4 is 5.91 Å². The van der Waals surface area contributed by atoms with E-state index >= 15 is 0 Å². The molecular formula is C15H22N2O2. The van der Waals surface area contributed by atoms with Gasteiger partial charge in [-0.3, -0.25) is 4.79 Å². The highest BCUT2D eigenvalue weighted by molar-refractivity contribution is 5.81. The highest BCUT2D eigenvalue weighted by Crippen LogP contribution is 2.20. The lowest BCUT2D eigenvalue weighted by molar-refractivity contribution is -0.134. The van der Waals surface area contributed by atoms with Crippen molar-refractivity contribution in [3.63, 3.8) is 0 Å². The second-order valence-corrected chi connectivity index (χ2v) is 5.08. The molecule has 1 fully saturated rings. The normalized spacial score (nSPS) is 20.9. The summed E-state index contributed by atoms with van der Waals surface area (Å²) in [5, 5.41) is 6.19. The molecule has 0 aliphatic carbocycles. The van der Waals surface area contributed by atoms with Crippen LogP contribution in [0, 0.1) is 13.8 Å². The fraction of sp³-hybridized carbons (Fsp3) is 0.533. The molecule has 1 heterocycles. The molecule has 0 radical (unpaired) electrons. The van der Waals surface area contributed by atoms with E-state index in [-0.39, 0.29) is 18.1 Å². The lowest BCUT2D eigenvalue weighted by atomic mass is 9.98. The quantitative estimate of drug-likeness (QED) is 0.867. The maximum atomic E-state index is 12.1. The standard InChI is InChI=1S/C15H22N2O2/c1-10-5-4-6-13(11(10)2)12(3)17-15(18)14-9-16-7-8-19-14/h4-6,12,14,16H,7-9H2,1-3H3,(H,17,18). The molecule has 1 aliphatic rings. The molecule has 19 heavy (non-hydrogen) atoms. The minimum atomic E-state index is -0.374. The van der Waals surface area contributed by atoms with Gasteiger partial charge < -0.3 is 15.4 Å². The van der Waals surface area contributed by atoms with Crippen LogP contribution in [0.4, 0.5) is 0 Å². The van der Waals surface area contributed by atoms with Crippen molar-refractivity contribution in [1.29, 1.82) is 0 Å². The molecule has 104 valence electrons. The molecule has 0 spiro atoms. The van der Waals surface area contributed by atoms with Crippen LogP contribution in [0.1, 0.15) is 29.7 Å². The number of amides is 1. The van der Waals surface area contributed by atoms with E-state index in [0.717, 1.165) is 12.1 Å². The number of morpholine rings is 1. The number of carbonyl (C=O) groups excluding carboxylic acids is 1. The summed E-state index contributed by atoms with van der Waals surface area (Å²) in [6.07, 6.45) is -0.374. The second kappa shape index (κ2) is 6.17. The van der Waals surface area contributed by atoms with E-state index in [0.29, 0.717) is 13.2 Å². The fourth-order valence-corrected chi connectivity index (χ4v) is 2.36. The Bertz CT molecular complexity index is 453. The van der Waals surface area contributed by atoms with Gasteiger partial charge in [-0.25, -0.2) is 0 Å². The summed E-state index contributed by atoms with van der Waals surface area (Å²) in [6.45, 7) is 8.18. The van der Waals surface area contributed by atoms with Crippen molar-refractivity contribution in [2.45, 2.75) is 32.9 Å². The third-order valence-electron chi connectivity index (χ3n) is 3.69. The van der Waals surface area contributed by atoms with Crippen LogP contribution in [0.5, 0.6) is 0 Å². The van der Waals surface area contributed by atoms with Gasteiger partial charge in [0, 0.05) is 13.1 Å². The van der Waals surface area contributed by atoms with E-state index in [1.54, 1.807) is 0 Å². The van der Waals surface area contributed by atoms with Crippen LogP contribution < -0.4 is 10.6 Å². The molecule has 0 saturated carbocycles. The Hall–Kier alpha value is -1.39. The van der Waals surface area contributed by atoms with Crippen molar-refractivity contribution in [3.05, 3.63) is 34.9 Å². The van der Waals surface area contributed by atoms with Crippen LogP contribution in [0.2, 0.25) is 0 Å². The first-order chi connectivity index (χ1) is 9.09. The van der Waals surface area contributed by atoms with Gasteiger partial charge in [-0.2, -0.15) is 0 Å². The molecule has 2 atom stereocenters. The average molecular weight is 262 g/mol. The zero-order valence-electron chi connectivity index (χ0n) is 11.8. The molecule has 1 aromatic carbocycles. The third kappa shape index (κ3) is 3.33. The maximum absolute atomic E-state index is 12.1. The number of benzene rings is 1. The molecule has 2 rings (SSSR count). The summed E-state index contributed by atoms with van der Waals surface area (Å²) in [4.78, 5) is 12.1. The largest absolute Gasteiger partial charge is 0.366 e. The van der Waals surface area contributed by atoms with Gasteiger partial charge in [0.1, 0.15) is 6.10 Å². The van der Waals surface area contributed by atoms with E-state index in [9.17, 15) is 4.79 Å². The molecule has 1 aliphatic heterocycles. The Morgan fingerprint density at radius 2 is 2.26 bits per heavy atom. The van der Waals surface area contributed by atoms with Gasteiger partial charge >= 0.3 is 0 Å². The molecule has 4 heteroatoms. The number of nitrogens with one attached hydrogen (secondary N) is 2. The molecule has 0 aromatic heterocycles. The molecular weight excluding hydrogens is 240 g/mol. The van der Waals surface area contributed by atoms with E-state index in [1.165, 1.54) is 11.1 Å². The number of carbonyl (C=O) groups is 1. The van der Waals surface area contributed by atoms with Crippen LogP contribution in [-0.4, -0.2) is 31.7 Å². The van der Waals surface area contributed by atoms with Crippen molar-refractivity contribution in [2.24, 2.45) is 0 Å². The Morgan fingerprint density at radius 3 is 2.95 bits per heavy atom. The highest BCUT2D eigenvalue weighted by Gasteiger charge is 2.23. The SMILES string of the molecule is Cc1cccc(C(C)NC(=O)C2CNCCO2)c1C. The molecule has 1 amide bonds. The monoisotopic (exact) mass is 262 g/mol. The van der Waals surface area contributed by atoms with E-state index < -0.39 is 0 Å². The lowest BCUT2D eigenvalue weighted by Gasteiger charge is -2.25. The summed E-state index contributed by atoms with van der Waals surface area (Å²) < 4.78 is 5.46. The molecule has 4 nitrogen and oxygen atoms in total. The lowest BCUT2D eigenvalue weighted by Crippen LogP contribution is -2.48. The Kier molecular flexibility index (Phi) is 4.56. The summed E-state index contributed by atoms with van der Waals surface area (Å²) in [5.74, 6) is -0.0411. The predicted octanol–water partition coefficient (Wildman–Crippen LogP) is 1.47. The first-order valence-corrected chi connectivity index (χ1v) is 6.78. The fourth-order valence-electron chi connectivity index (χ4n) is 2.36. The maximum Gasteiger partial charge on any atom is 0.250 e. The number of aryl methyl sites for hydroxylation is 1. The van der Waals surface area contributed by atoms with Gasteiger partial charge in [0.05, 0.1) is 12.6 Å². The number of rotatable bonds is 3. The number of ether oxygens (including phenoxy) is 1. The molecule has 2 N–H and O–H groups in total. The number of hydrogen-bond donors (Lipinski definition) is 2. The van der Waals surface area contributed by atoms with Crippen LogP contribution in [0.15, 0.2) is 18.2 Å². The molecule has 2 unspecified atom stereocenters. The smallest absolute Gasteiger partial charge is 0.250 e. The van der Waals surface area contributed by atoms with E-state index in [4.69, 9.17) is 4.74 Å². The Labute approximate surface area is 114 Å². The topological polar surface area (TPSA) is 50.4 Å². The number of hydrogen-bond acceptors (Lipinski definition) is 3. The summed E-state index contributed by atoms with van der Waals surface area (Å²) in [5.41, 5.74) is 3.64. The third-order valence-corrected chi connectivity index (χ3v) is 3.69. The van der Waals surface area contributed by atoms with Gasteiger partial charge in [0.25, 0.3) is 5.91 Å². The van der Waals surface area contributed by atoms with Gasteiger partial charge in [-0.05, 0) is 37.5 Å². The second-order valence-electron chi connectivity index (χ2n) is 5.08. The summed E-state index contributed by atoms with van der Waals surface area (Å²) in [7, 11) is 0. The van der Waals surface area contributed by atoms with Crippen LogP contribution >= 0.6 is 0 Å². The molecule has 1 aromatic rings. The van der Waals surface area contributed by atoms with E-state index in [1.807, 2.05) is 13.0 Å². The minimum Gasteiger partial charge on any atom is -0.366 e. The first kappa shape index (κ1) is 14.0.